The van der Waals surface area contributed by atoms with Gasteiger partial charge in [0.1, 0.15) is 12.4 Å². The predicted octanol–water partition coefficient (Wildman–Crippen LogP) is 1.76. The standard InChI is InChI=1S/C22H22FN3O7S/c23-16-3-5-17(6-4-16)26(10-1-9-24)21(27)15-33-22(28)14-25-34(29,30)18-7-8-19-20(13-18)32-12-2-11-31-19/h3-8,13,25H,1-2,10-12,14-15H2. The molecule has 3 rings (SSSR count). The number of hydrogen-bond donors (Lipinski definition) is 1. The van der Waals surface area contributed by atoms with Gasteiger partial charge in [0.15, 0.2) is 18.1 Å². The van der Waals surface area contributed by atoms with E-state index >= 15 is 0 Å². The van der Waals surface area contributed by atoms with Crippen molar-refractivity contribution in [3.63, 3.8) is 0 Å². The summed E-state index contributed by atoms with van der Waals surface area (Å²) in [7, 11) is -4.07. The topological polar surface area (TPSA) is 135 Å². The van der Waals surface area contributed by atoms with Gasteiger partial charge in [-0.25, -0.2) is 12.8 Å². The zero-order chi connectivity index (χ0) is 24.6. The van der Waals surface area contributed by atoms with Gasteiger partial charge in [0, 0.05) is 24.7 Å². The van der Waals surface area contributed by atoms with Crippen LogP contribution in [0, 0.1) is 17.1 Å². The Hall–Kier alpha value is -3.69. The number of benzene rings is 2. The molecule has 0 bridgehead atoms. The summed E-state index contributed by atoms with van der Waals surface area (Å²) in [4.78, 5) is 25.6. The summed E-state index contributed by atoms with van der Waals surface area (Å²) in [5.74, 6) is -1.42. The van der Waals surface area contributed by atoms with Gasteiger partial charge in [-0.2, -0.15) is 9.98 Å². The molecule has 0 radical (unpaired) electrons. The summed E-state index contributed by atoms with van der Waals surface area (Å²) in [6, 6.07) is 11.0. The SMILES string of the molecule is N#CCCN(C(=O)COC(=O)CNS(=O)(=O)c1ccc2c(c1)OCCCO2)c1ccc(F)cc1. The minimum atomic E-state index is -4.07. The van der Waals surface area contributed by atoms with Crippen molar-refractivity contribution in [2.24, 2.45) is 0 Å². The van der Waals surface area contributed by atoms with Crippen molar-refractivity contribution in [3.8, 4) is 17.6 Å². The Morgan fingerprint density at radius 3 is 2.53 bits per heavy atom. The van der Waals surface area contributed by atoms with Gasteiger partial charge in [0.2, 0.25) is 10.0 Å². The summed E-state index contributed by atoms with van der Waals surface area (Å²) in [5.41, 5.74) is 0.327. The third-order valence-electron chi connectivity index (χ3n) is 4.68. The van der Waals surface area contributed by atoms with Crippen molar-refractivity contribution in [2.75, 3.05) is 37.8 Å². The molecule has 0 unspecified atom stereocenters. The fourth-order valence-electron chi connectivity index (χ4n) is 3.00. The lowest BCUT2D eigenvalue weighted by Crippen LogP contribution is -2.37. The van der Waals surface area contributed by atoms with Crippen LogP contribution in [0.5, 0.6) is 11.5 Å². The lowest BCUT2D eigenvalue weighted by atomic mass is 10.2. The molecule has 0 spiro atoms. The van der Waals surface area contributed by atoms with E-state index in [4.69, 9.17) is 19.5 Å². The Morgan fingerprint density at radius 2 is 1.82 bits per heavy atom. The normalized spacial score (nSPS) is 12.8. The number of carbonyl (C=O) groups is 2. The number of hydrogen-bond acceptors (Lipinski definition) is 8. The molecule has 1 heterocycles. The van der Waals surface area contributed by atoms with E-state index in [1.165, 1.54) is 35.2 Å². The van der Waals surface area contributed by atoms with Crippen LogP contribution in [0.25, 0.3) is 0 Å². The number of amides is 1. The zero-order valence-corrected chi connectivity index (χ0v) is 18.8. The van der Waals surface area contributed by atoms with Crippen molar-refractivity contribution >= 4 is 27.6 Å². The molecule has 2 aromatic carbocycles. The van der Waals surface area contributed by atoms with E-state index < -0.39 is 40.9 Å². The Kier molecular flexibility index (Phi) is 8.39. The van der Waals surface area contributed by atoms with E-state index in [0.717, 1.165) is 12.1 Å². The van der Waals surface area contributed by atoms with Crippen LogP contribution >= 0.6 is 0 Å². The highest BCUT2D eigenvalue weighted by atomic mass is 32.2. The van der Waals surface area contributed by atoms with Gasteiger partial charge in [0.25, 0.3) is 5.91 Å². The second-order valence-corrected chi connectivity index (χ2v) is 8.84. The number of esters is 1. The van der Waals surface area contributed by atoms with Gasteiger partial charge in [0.05, 0.1) is 30.6 Å². The first-order valence-electron chi connectivity index (χ1n) is 10.3. The summed E-state index contributed by atoms with van der Waals surface area (Å²) >= 11 is 0. The number of sulfonamides is 1. The second kappa shape index (κ2) is 11.4. The summed E-state index contributed by atoms with van der Waals surface area (Å²) in [6.07, 6.45) is 0.668. The van der Waals surface area contributed by atoms with Crippen LogP contribution in [-0.4, -0.2) is 53.2 Å². The van der Waals surface area contributed by atoms with Crippen LogP contribution in [0.4, 0.5) is 10.1 Å². The smallest absolute Gasteiger partial charge is 0.321 e. The van der Waals surface area contributed by atoms with Crippen molar-refractivity contribution in [2.45, 2.75) is 17.7 Å². The zero-order valence-electron chi connectivity index (χ0n) is 18.0. The number of rotatable bonds is 9. The molecular weight excluding hydrogens is 469 g/mol. The van der Waals surface area contributed by atoms with Crippen LogP contribution in [0.15, 0.2) is 47.4 Å². The maximum atomic E-state index is 13.2. The number of anilines is 1. The molecule has 34 heavy (non-hydrogen) atoms. The second-order valence-electron chi connectivity index (χ2n) is 7.07. The van der Waals surface area contributed by atoms with Crippen LogP contribution in [0.3, 0.4) is 0 Å². The maximum Gasteiger partial charge on any atom is 0.321 e. The highest BCUT2D eigenvalue weighted by Crippen LogP contribution is 2.31. The van der Waals surface area contributed by atoms with Crippen LogP contribution in [-0.2, 0) is 24.3 Å². The van der Waals surface area contributed by atoms with Gasteiger partial charge in [-0.3, -0.25) is 9.59 Å². The molecule has 1 aliphatic rings. The fraction of sp³-hybridized carbons (Fsp3) is 0.318. The highest BCUT2D eigenvalue weighted by Gasteiger charge is 2.21. The van der Waals surface area contributed by atoms with E-state index in [1.54, 1.807) is 0 Å². The minimum Gasteiger partial charge on any atom is -0.490 e. The third-order valence-corrected chi connectivity index (χ3v) is 6.08. The molecule has 1 N–H and O–H groups in total. The largest absolute Gasteiger partial charge is 0.490 e. The number of fused-ring (bicyclic) bond motifs is 1. The first-order valence-corrected chi connectivity index (χ1v) is 11.8. The van der Waals surface area contributed by atoms with Crippen LogP contribution in [0.1, 0.15) is 12.8 Å². The van der Waals surface area contributed by atoms with Crippen molar-refractivity contribution in [1.82, 2.24) is 4.72 Å². The van der Waals surface area contributed by atoms with Crippen LogP contribution < -0.4 is 19.1 Å². The summed E-state index contributed by atoms with van der Waals surface area (Å²) < 4.78 is 56.2. The Morgan fingerprint density at radius 1 is 1.12 bits per heavy atom. The monoisotopic (exact) mass is 491 g/mol. The molecular formula is C22H22FN3O7S. The van der Waals surface area contributed by atoms with E-state index in [1.807, 2.05) is 6.07 Å². The lowest BCUT2D eigenvalue weighted by Gasteiger charge is -2.21. The van der Waals surface area contributed by atoms with E-state index in [0.29, 0.717) is 31.1 Å². The number of nitrogens with one attached hydrogen (secondary N) is 1. The van der Waals surface area contributed by atoms with Gasteiger partial charge in [-0.1, -0.05) is 0 Å². The molecule has 0 fully saturated rings. The van der Waals surface area contributed by atoms with Crippen molar-refractivity contribution in [3.05, 3.63) is 48.3 Å². The van der Waals surface area contributed by atoms with Crippen LogP contribution in [0.2, 0.25) is 0 Å². The molecule has 180 valence electrons. The molecule has 0 saturated carbocycles. The van der Waals surface area contributed by atoms with Gasteiger partial charge >= 0.3 is 5.97 Å². The molecule has 0 atom stereocenters. The average molecular weight is 491 g/mol. The maximum absolute atomic E-state index is 13.2. The first-order chi connectivity index (χ1) is 16.3. The van der Waals surface area contributed by atoms with Gasteiger partial charge in [-0.15, -0.1) is 0 Å². The third kappa shape index (κ3) is 6.66. The Labute approximate surface area is 195 Å². The predicted molar refractivity (Wildman–Crippen MR) is 117 cm³/mol. The Balaban J connectivity index is 1.56. The first kappa shape index (κ1) is 24.9. The number of halogens is 1. The number of nitrogens with zero attached hydrogens (tertiary/aromatic N) is 2. The summed E-state index contributed by atoms with van der Waals surface area (Å²) in [6.45, 7) is -0.550. The summed E-state index contributed by atoms with van der Waals surface area (Å²) in [5, 5.41) is 8.81. The molecule has 2 aromatic rings. The molecule has 12 heteroatoms. The molecule has 10 nitrogen and oxygen atoms in total. The molecule has 0 aromatic heterocycles. The molecule has 1 aliphatic heterocycles. The quantitative estimate of drug-likeness (QED) is 0.524. The number of nitriles is 1. The van der Waals surface area contributed by atoms with Crippen molar-refractivity contribution < 1.29 is 36.6 Å². The van der Waals surface area contributed by atoms with E-state index in [2.05, 4.69) is 4.72 Å². The van der Waals surface area contributed by atoms with Gasteiger partial charge < -0.3 is 19.1 Å². The Bertz CT molecular complexity index is 1180. The molecule has 0 saturated heterocycles. The average Bonchev–Trinajstić information content (AvgIpc) is 3.07. The number of carbonyl (C=O) groups excluding carboxylic acids is 2. The lowest BCUT2D eigenvalue weighted by molar-refractivity contribution is -0.146. The van der Waals surface area contributed by atoms with E-state index in [9.17, 15) is 22.4 Å². The van der Waals surface area contributed by atoms with E-state index in [-0.39, 0.29) is 23.6 Å². The fourth-order valence-corrected chi connectivity index (χ4v) is 3.98. The van der Waals surface area contributed by atoms with Gasteiger partial charge in [-0.05, 0) is 36.4 Å². The number of ether oxygens (including phenoxy) is 3. The van der Waals surface area contributed by atoms with Crippen molar-refractivity contribution in [1.29, 1.82) is 5.26 Å². The highest BCUT2D eigenvalue weighted by molar-refractivity contribution is 7.89. The molecule has 0 aliphatic carbocycles. The molecule has 1 amide bonds. The minimum absolute atomic E-state index is 0.00634.